The van der Waals surface area contributed by atoms with Crippen molar-refractivity contribution in [3.05, 3.63) is 42.0 Å². The lowest BCUT2D eigenvalue weighted by Gasteiger charge is -2.25. The summed E-state index contributed by atoms with van der Waals surface area (Å²) < 4.78 is 5.52. The van der Waals surface area contributed by atoms with E-state index in [-0.39, 0.29) is 5.91 Å². The zero-order valence-corrected chi connectivity index (χ0v) is 14.8. The predicted molar refractivity (Wildman–Crippen MR) is 95.2 cm³/mol. The van der Waals surface area contributed by atoms with Crippen LogP contribution in [0.1, 0.15) is 24.4 Å². The number of aryl methyl sites for hydroxylation is 1. The lowest BCUT2D eigenvalue weighted by atomic mass is 10.2. The van der Waals surface area contributed by atoms with Crippen LogP contribution in [0.5, 0.6) is 0 Å². The predicted octanol–water partition coefficient (Wildman–Crippen LogP) is 1.60. The zero-order chi connectivity index (χ0) is 17.6. The third kappa shape index (κ3) is 4.57. The average Bonchev–Trinajstić information content (AvgIpc) is 3.24. The van der Waals surface area contributed by atoms with Crippen molar-refractivity contribution in [1.29, 1.82) is 0 Å². The summed E-state index contributed by atoms with van der Waals surface area (Å²) in [7, 11) is 1.79. The Morgan fingerprint density at radius 1 is 1.44 bits per heavy atom. The van der Waals surface area contributed by atoms with Crippen LogP contribution in [0.25, 0.3) is 0 Å². The number of nitrogens with zero attached hydrogens (tertiary/aromatic N) is 4. The van der Waals surface area contributed by atoms with Crippen LogP contribution in [0.3, 0.4) is 0 Å². The molecule has 134 valence electrons. The lowest BCUT2D eigenvalue weighted by molar-refractivity contribution is -0.129. The second-order valence-electron chi connectivity index (χ2n) is 6.46. The summed E-state index contributed by atoms with van der Waals surface area (Å²) in [4.78, 5) is 16.2. The minimum atomic E-state index is 0.0538. The van der Waals surface area contributed by atoms with Gasteiger partial charge < -0.3 is 19.5 Å². The smallest absolute Gasteiger partial charge is 0.236 e. The van der Waals surface area contributed by atoms with Crippen LogP contribution in [-0.2, 0) is 11.3 Å². The number of anilines is 1. The number of hydrogen-bond donors (Lipinski definition) is 1. The summed E-state index contributed by atoms with van der Waals surface area (Å²) in [5, 5.41) is 11.4. The maximum atomic E-state index is 12.3. The molecule has 3 rings (SSSR count). The number of carbonyl (C=O) groups excluding carboxylic acids is 1. The summed E-state index contributed by atoms with van der Waals surface area (Å²) in [5.41, 5.74) is 0. The van der Waals surface area contributed by atoms with Crippen LogP contribution in [0, 0.1) is 6.92 Å². The number of rotatable bonds is 7. The Labute approximate surface area is 148 Å². The maximum Gasteiger partial charge on any atom is 0.236 e. The highest BCUT2D eigenvalue weighted by atomic mass is 16.3. The Morgan fingerprint density at radius 3 is 3.04 bits per heavy atom. The quantitative estimate of drug-likeness (QED) is 0.823. The fraction of sp³-hybridized carbons (Fsp3) is 0.500. The van der Waals surface area contributed by atoms with Crippen LogP contribution in [-0.4, -0.2) is 53.7 Å². The minimum Gasteiger partial charge on any atom is -0.464 e. The third-order valence-corrected chi connectivity index (χ3v) is 4.50. The first-order chi connectivity index (χ1) is 12.1. The van der Waals surface area contributed by atoms with E-state index in [4.69, 9.17) is 4.42 Å². The van der Waals surface area contributed by atoms with Gasteiger partial charge in [0.2, 0.25) is 5.91 Å². The number of aromatic nitrogens is 2. The highest BCUT2D eigenvalue weighted by Gasteiger charge is 2.25. The van der Waals surface area contributed by atoms with Gasteiger partial charge in [0.05, 0.1) is 13.1 Å². The summed E-state index contributed by atoms with van der Waals surface area (Å²) >= 11 is 0. The largest absolute Gasteiger partial charge is 0.464 e. The van der Waals surface area contributed by atoms with Crippen LogP contribution in [0.15, 0.2) is 34.9 Å². The van der Waals surface area contributed by atoms with Gasteiger partial charge in [0.25, 0.3) is 0 Å². The topological polar surface area (TPSA) is 74.5 Å². The molecule has 1 N–H and O–H groups in total. The average molecular weight is 343 g/mol. The Bertz CT molecular complexity index is 688. The second kappa shape index (κ2) is 8.11. The van der Waals surface area contributed by atoms with Gasteiger partial charge in [0.1, 0.15) is 11.5 Å². The molecule has 7 heteroatoms. The van der Waals surface area contributed by atoms with Crippen LogP contribution in [0.2, 0.25) is 0 Å². The van der Waals surface area contributed by atoms with E-state index < -0.39 is 0 Å². The van der Waals surface area contributed by atoms with Crippen molar-refractivity contribution in [3.63, 3.8) is 0 Å². The molecule has 0 unspecified atom stereocenters. The van der Waals surface area contributed by atoms with Gasteiger partial charge in [-0.2, -0.15) is 5.10 Å². The molecule has 1 amide bonds. The molecular formula is C18H25N5O2. The summed E-state index contributed by atoms with van der Waals surface area (Å²) in [5.74, 6) is 2.62. The van der Waals surface area contributed by atoms with Crippen molar-refractivity contribution < 1.29 is 9.21 Å². The van der Waals surface area contributed by atoms with Crippen LogP contribution < -0.4 is 10.2 Å². The van der Waals surface area contributed by atoms with Gasteiger partial charge in [-0.25, -0.2) is 0 Å². The Balaban J connectivity index is 1.44. The zero-order valence-electron chi connectivity index (χ0n) is 14.8. The number of hydrogen-bond acceptors (Lipinski definition) is 6. The first-order valence-corrected chi connectivity index (χ1v) is 8.68. The summed E-state index contributed by atoms with van der Waals surface area (Å²) in [6.45, 7) is 4.45. The van der Waals surface area contributed by atoms with Gasteiger partial charge in [-0.15, -0.1) is 5.10 Å². The van der Waals surface area contributed by atoms with Crippen LogP contribution >= 0.6 is 0 Å². The fourth-order valence-corrected chi connectivity index (χ4v) is 3.17. The lowest BCUT2D eigenvalue weighted by Crippen LogP contribution is -2.42. The second-order valence-corrected chi connectivity index (χ2v) is 6.46. The number of furan rings is 1. The van der Waals surface area contributed by atoms with E-state index in [1.54, 1.807) is 18.1 Å². The van der Waals surface area contributed by atoms with E-state index in [1.807, 2.05) is 31.2 Å². The normalized spacial score (nSPS) is 17.0. The van der Waals surface area contributed by atoms with Gasteiger partial charge in [0, 0.05) is 32.4 Å². The van der Waals surface area contributed by atoms with Gasteiger partial charge in [-0.05, 0) is 44.0 Å². The Hall–Kier alpha value is -2.41. The Kier molecular flexibility index (Phi) is 5.65. The third-order valence-electron chi connectivity index (χ3n) is 4.50. The maximum absolute atomic E-state index is 12.3. The van der Waals surface area contributed by atoms with Crippen LogP contribution in [0.4, 0.5) is 5.82 Å². The molecule has 1 atom stereocenters. The standard InChI is InChI=1S/C18H25N5O2/c1-14-7-8-16(25-14)13-22(2)18(24)12-19-11-15-5-4-10-23(15)17-6-3-9-20-21-17/h3,6-9,15,19H,4-5,10-13H2,1-2H3/t15-/m1/s1. The minimum absolute atomic E-state index is 0.0538. The monoisotopic (exact) mass is 343 g/mol. The summed E-state index contributed by atoms with van der Waals surface area (Å²) in [6.07, 6.45) is 3.91. The van der Waals surface area contributed by atoms with E-state index in [2.05, 4.69) is 20.4 Å². The molecule has 1 aliphatic rings. The number of amides is 1. The van der Waals surface area contributed by atoms with Crippen molar-refractivity contribution in [2.24, 2.45) is 0 Å². The van der Waals surface area contributed by atoms with E-state index in [0.29, 0.717) is 19.1 Å². The molecule has 0 bridgehead atoms. The van der Waals surface area contributed by atoms with E-state index >= 15 is 0 Å². The molecule has 0 aliphatic carbocycles. The molecule has 2 aromatic heterocycles. The number of nitrogens with one attached hydrogen (secondary N) is 1. The van der Waals surface area contributed by atoms with Crippen molar-refractivity contribution in [1.82, 2.24) is 20.4 Å². The molecule has 7 nitrogen and oxygen atoms in total. The van der Waals surface area contributed by atoms with Crippen molar-refractivity contribution in [3.8, 4) is 0 Å². The van der Waals surface area contributed by atoms with Gasteiger partial charge >= 0.3 is 0 Å². The molecule has 1 saturated heterocycles. The summed E-state index contributed by atoms with van der Waals surface area (Å²) in [6, 6.07) is 8.05. The van der Waals surface area contributed by atoms with E-state index in [9.17, 15) is 4.79 Å². The number of likely N-dealkylation sites (N-methyl/N-ethyl adjacent to an activating group) is 1. The molecule has 2 aromatic rings. The van der Waals surface area contributed by atoms with Gasteiger partial charge in [0.15, 0.2) is 5.82 Å². The first-order valence-electron chi connectivity index (χ1n) is 8.68. The molecule has 25 heavy (non-hydrogen) atoms. The molecule has 0 radical (unpaired) electrons. The molecule has 3 heterocycles. The molecule has 0 saturated carbocycles. The number of carbonyl (C=O) groups is 1. The van der Waals surface area contributed by atoms with Crippen molar-refractivity contribution in [2.75, 3.05) is 31.6 Å². The van der Waals surface area contributed by atoms with Crippen molar-refractivity contribution >= 4 is 11.7 Å². The molecular weight excluding hydrogens is 318 g/mol. The first kappa shape index (κ1) is 17.4. The molecule has 0 aromatic carbocycles. The van der Waals surface area contributed by atoms with Gasteiger partial charge in [-0.3, -0.25) is 4.79 Å². The SMILES string of the molecule is Cc1ccc(CN(C)C(=O)CNC[C@H]2CCCN2c2cccnn2)o1. The van der Waals surface area contributed by atoms with E-state index in [0.717, 1.165) is 43.3 Å². The fourth-order valence-electron chi connectivity index (χ4n) is 3.17. The van der Waals surface area contributed by atoms with E-state index in [1.165, 1.54) is 0 Å². The molecule has 0 spiro atoms. The van der Waals surface area contributed by atoms with Gasteiger partial charge in [-0.1, -0.05) is 0 Å². The highest BCUT2D eigenvalue weighted by Crippen LogP contribution is 2.22. The van der Waals surface area contributed by atoms with Crippen molar-refractivity contribution in [2.45, 2.75) is 32.4 Å². The Morgan fingerprint density at radius 2 is 2.32 bits per heavy atom. The molecule has 1 fully saturated rings. The highest BCUT2D eigenvalue weighted by molar-refractivity contribution is 5.77. The molecule has 1 aliphatic heterocycles.